The molecule has 20 heavy (non-hydrogen) atoms. The number of rotatable bonds is 7. The number of hydrogen-bond acceptors (Lipinski definition) is 4. The summed E-state index contributed by atoms with van der Waals surface area (Å²) < 4.78 is 0. The molecule has 0 aromatic heterocycles. The molecule has 0 aliphatic rings. The molecule has 5 heteroatoms. The Bertz CT molecular complexity index is 446. The lowest BCUT2D eigenvalue weighted by Gasteiger charge is -2.22. The number of benzene rings is 1. The van der Waals surface area contributed by atoms with Crippen molar-refractivity contribution in [3.63, 3.8) is 0 Å². The molecule has 1 amide bonds. The third-order valence-electron chi connectivity index (χ3n) is 2.74. The molecule has 0 spiro atoms. The van der Waals surface area contributed by atoms with E-state index in [2.05, 4.69) is 5.32 Å². The Balaban J connectivity index is 2.35. The van der Waals surface area contributed by atoms with Crippen LogP contribution in [0.25, 0.3) is 0 Å². The fourth-order valence-electron chi connectivity index (χ4n) is 1.66. The van der Waals surface area contributed by atoms with E-state index in [0.29, 0.717) is 6.54 Å². The maximum absolute atomic E-state index is 12.2. The highest BCUT2D eigenvalue weighted by Crippen LogP contribution is 2.34. The van der Waals surface area contributed by atoms with Crippen LogP contribution in [0.5, 0.6) is 0 Å². The first-order chi connectivity index (χ1) is 9.42. The molecule has 0 saturated carbocycles. The van der Waals surface area contributed by atoms with Crippen LogP contribution in [-0.2, 0) is 16.0 Å². The summed E-state index contributed by atoms with van der Waals surface area (Å²) in [5.74, 6) is 0.698. The molecule has 1 aromatic rings. The average molecular weight is 311 g/mol. The second-order valence-electron chi connectivity index (χ2n) is 5.22. The monoisotopic (exact) mass is 311 g/mol. The molecule has 1 aromatic carbocycles. The Labute approximate surface area is 128 Å². The first-order valence-corrected chi connectivity index (χ1v) is 8.86. The number of amides is 1. The summed E-state index contributed by atoms with van der Waals surface area (Å²) in [5, 5.41) is 2.89. The molecule has 3 nitrogen and oxygen atoms in total. The third kappa shape index (κ3) is 6.48. The normalized spacial score (nSPS) is 11.2. The van der Waals surface area contributed by atoms with Crippen molar-refractivity contribution in [3.8, 4) is 0 Å². The molecule has 0 bridgehead atoms. The van der Waals surface area contributed by atoms with Gasteiger partial charge in [0.25, 0.3) is 0 Å². The van der Waals surface area contributed by atoms with Gasteiger partial charge in [-0.3, -0.25) is 9.59 Å². The van der Waals surface area contributed by atoms with Crippen molar-refractivity contribution in [2.75, 3.05) is 12.3 Å². The summed E-state index contributed by atoms with van der Waals surface area (Å²) in [6.45, 7) is 6.04. The number of hydrogen-bond donors (Lipinski definition) is 1. The zero-order chi connectivity index (χ0) is 15.0. The van der Waals surface area contributed by atoms with Crippen molar-refractivity contribution in [2.45, 2.75) is 27.2 Å². The fourth-order valence-corrected chi connectivity index (χ4v) is 3.83. The van der Waals surface area contributed by atoms with Crippen LogP contribution in [0.3, 0.4) is 0 Å². The minimum absolute atomic E-state index is 0.0358. The van der Waals surface area contributed by atoms with Gasteiger partial charge < -0.3 is 5.32 Å². The highest BCUT2D eigenvalue weighted by Gasteiger charge is 2.28. The molecule has 0 radical (unpaired) electrons. The average Bonchev–Trinajstić information content (AvgIpc) is 2.38. The summed E-state index contributed by atoms with van der Waals surface area (Å²) in [6, 6.07) is 10.1. The molecule has 110 valence electrons. The van der Waals surface area contributed by atoms with Crippen LogP contribution in [0.15, 0.2) is 30.3 Å². The molecule has 0 saturated heterocycles. The molecule has 0 fully saturated rings. The van der Waals surface area contributed by atoms with Crippen molar-refractivity contribution < 1.29 is 9.59 Å². The van der Waals surface area contributed by atoms with Gasteiger partial charge in [-0.05, 0) is 22.8 Å². The summed E-state index contributed by atoms with van der Waals surface area (Å²) in [5.41, 5.74) is 0.794. The smallest absolute Gasteiger partial charge is 0.216 e. The standard InChI is InChI=1S/C15H21NO2S2/c1-12(17)16-9-10-19-20-14(18)15(2,3)11-13-7-5-4-6-8-13/h4-8H,9-11H2,1-3H3,(H,16,17). The molecule has 0 aliphatic carbocycles. The molecule has 0 atom stereocenters. The van der Waals surface area contributed by atoms with E-state index in [9.17, 15) is 9.59 Å². The Morgan fingerprint density at radius 1 is 1.20 bits per heavy atom. The third-order valence-corrected chi connectivity index (χ3v) is 5.24. The zero-order valence-electron chi connectivity index (χ0n) is 12.1. The molecular weight excluding hydrogens is 290 g/mol. The first-order valence-electron chi connectivity index (χ1n) is 6.54. The van der Waals surface area contributed by atoms with E-state index < -0.39 is 0 Å². The summed E-state index contributed by atoms with van der Waals surface area (Å²) in [7, 11) is 2.77. The molecular formula is C15H21NO2S2. The first kappa shape index (κ1) is 17.1. The van der Waals surface area contributed by atoms with Gasteiger partial charge in [-0.2, -0.15) is 0 Å². The number of carbonyl (C=O) groups excluding carboxylic acids is 2. The highest BCUT2D eigenvalue weighted by molar-refractivity contribution is 8.82. The molecule has 0 heterocycles. The van der Waals surface area contributed by atoms with Crippen LogP contribution >= 0.6 is 21.6 Å². The van der Waals surface area contributed by atoms with Crippen molar-refractivity contribution in [1.29, 1.82) is 0 Å². The highest BCUT2D eigenvalue weighted by atomic mass is 33.1. The van der Waals surface area contributed by atoms with Crippen molar-refractivity contribution >= 4 is 32.6 Å². The second-order valence-corrected chi connectivity index (χ2v) is 7.61. The Kier molecular flexibility index (Phi) is 7.16. The lowest BCUT2D eigenvalue weighted by atomic mass is 9.87. The van der Waals surface area contributed by atoms with E-state index in [0.717, 1.165) is 12.2 Å². The van der Waals surface area contributed by atoms with Crippen LogP contribution in [0, 0.1) is 5.41 Å². The van der Waals surface area contributed by atoms with Gasteiger partial charge in [-0.1, -0.05) is 55.0 Å². The van der Waals surface area contributed by atoms with Gasteiger partial charge in [0.05, 0.1) is 0 Å². The predicted molar refractivity (Wildman–Crippen MR) is 87.7 cm³/mol. The van der Waals surface area contributed by atoms with Gasteiger partial charge in [-0.25, -0.2) is 0 Å². The molecule has 1 rings (SSSR count). The lowest BCUT2D eigenvalue weighted by Crippen LogP contribution is -2.24. The van der Waals surface area contributed by atoms with Crippen LogP contribution in [0.1, 0.15) is 26.3 Å². The van der Waals surface area contributed by atoms with Crippen molar-refractivity contribution in [1.82, 2.24) is 5.32 Å². The van der Waals surface area contributed by atoms with Crippen LogP contribution < -0.4 is 5.32 Å². The summed E-state index contributed by atoms with van der Waals surface area (Å²) in [4.78, 5) is 22.9. The zero-order valence-corrected chi connectivity index (χ0v) is 13.8. The van der Waals surface area contributed by atoms with E-state index in [1.165, 1.54) is 34.1 Å². The van der Waals surface area contributed by atoms with E-state index in [1.54, 1.807) is 0 Å². The Morgan fingerprint density at radius 3 is 2.45 bits per heavy atom. The van der Waals surface area contributed by atoms with Gasteiger partial charge in [0.2, 0.25) is 11.0 Å². The predicted octanol–water partition coefficient (Wildman–Crippen LogP) is 3.30. The molecule has 0 aliphatic heterocycles. The van der Waals surface area contributed by atoms with Gasteiger partial charge in [0.1, 0.15) is 0 Å². The molecule has 0 unspecified atom stereocenters. The second kappa shape index (κ2) is 8.37. The topological polar surface area (TPSA) is 46.2 Å². The maximum atomic E-state index is 12.2. The maximum Gasteiger partial charge on any atom is 0.216 e. The van der Waals surface area contributed by atoms with Gasteiger partial charge in [0, 0.05) is 24.6 Å². The minimum atomic E-state index is -0.382. The van der Waals surface area contributed by atoms with Crippen LogP contribution in [0.2, 0.25) is 0 Å². The molecule has 1 N–H and O–H groups in total. The Hall–Kier alpha value is -0.940. The van der Waals surface area contributed by atoms with Crippen LogP contribution in [0.4, 0.5) is 0 Å². The number of nitrogens with one attached hydrogen (secondary N) is 1. The fraction of sp³-hybridized carbons (Fsp3) is 0.467. The summed E-state index contributed by atoms with van der Waals surface area (Å²) >= 11 is 0. The van der Waals surface area contributed by atoms with E-state index in [-0.39, 0.29) is 16.4 Å². The summed E-state index contributed by atoms with van der Waals surface area (Å²) in [6.07, 6.45) is 0.742. The van der Waals surface area contributed by atoms with E-state index in [1.807, 2.05) is 44.2 Å². The SMILES string of the molecule is CC(=O)NCCSSC(=O)C(C)(C)Cc1ccccc1. The van der Waals surface area contributed by atoms with Crippen molar-refractivity contribution in [2.24, 2.45) is 5.41 Å². The lowest BCUT2D eigenvalue weighted by molar-refractivity contribution is -0.119. The minimum Gasteiger partial charge on any atom is -0.355 e. The van der Waals surface area contributed by atoms with Crippen molar-refractivity contribution in [3.05, 3.63) is 35.9 Å². The van der Waals surface area contributed by atoms with Gasteiger partial charge in [-0.15, -0.1) is 0 Å². The van der Waals surface area contributed by atoms with Crippen LogP contribution in [-0.4, -0.2) is 23.3 Å². The van der Waals surface area contributed by atoms with E-state index >= 15 is 0 Å². The van der Waals surface area contributed by atoms with E-state index in [4.69, 9.17) is 0 Å². The number of carbonyl (C=O) groups is 2. The van der Waals surface area contributed by atoms with Gasteiger partial charge in [0.15, 0.2) is 0 Å². The van der Waals surface area contributed by atoms with Gasteiger partial charge >= 0.3 is 0 Å². The Morgan fingerprint density at radius 2 is 1.85 bits per heavy atom. The largest absolute Gasteiger partial charge is 0.355 e. The quantitative estimate of drug-likeness (QED) is 0.620.